The standard InChI is InChI=1S/C7H7ClN4S/c1-4-5(3-12(2)10-4)6-9-7(8)11-13-6/h3H,1-2H3. The molecule has 13 heavy (non-hydrogen) atoms. The third-order valence-electron chi connectivity index (χ3n) is 1.65. The van der Waals surface area contributed by atoms with E-state index in [1.807, 2.05) is 20.2 Å². The average molecular weight is 215 g/mol. The lowest BCUT2D eigenvalue weighted by Crippen LogP contribution is -1.86. The van der Waals surface area contributed by atoms with Crippen molar-refractivity contribution in [2.45, 2.75) is 6.92 Å². The van der Waals surface area contributed by atoms with Crippen molar-refractivity contribution in [3.05, 3.63) is 17.2 Å². The average Bonchev–Trinajstić information content (AvgIpc) is 2.58. The van der Waals surface area contributed by atoms with Gasteiger partial charge in [-0.3, -0.25) is 4.68 Å². The van der Waals surface area contributed by atoms with Crippen molar-refractivity contribution in [3.63, 3.8) is 0 Å². The second-order valence-electron chi connectivity index (χ2n) is 2.67. The van der Waals surface area contributed by atoms with E-state index in [4.69, 9.17) is 11.6 Å². The molecule has 0 saturated carbocycles. The lowest BCUT2D eigenvalue weighted by atomic mass is 10.3. The Morgan fingerprint density at radius 2 is 2.31 bits per heavy atom. The molecule has 4 nitrogen and oxygen atoms in total. The minimum atomic E-state index is 0.295. The number of nitrogens with zero attached hydrogens (tertiary/aromatic N) is 4. The second-order valence-corrected chi connectivity index (χ2v) is 3.76. The molecule has 0 saturated heterocycles. The van der Waals surface area contributed by atoms with E-state index in [1.165, 1.54) is 11.5 Å². The highest BCUT2D eigenvalue weighted by Gasteiger charge is 2.10. The highest BCUT2D eigenvalue weighted by molar-refractivity contribution is 7.09. The predicted molar refractivity (Wildman–Crippen MR) is 51.9 cm³/mol. The van der Waals surface area contributed by atoms with Crippen LogP contribution in [-0.4, -0.2) is 19.1 Å². The molecule has 0 atom stereocenters. The summed E-state index contributed by atoms with van der Waals surface area (Å²) >= 11 is 6.91. The topological polar surface area (TPSA) is 43.6 Å². The van der Waals surface area contributed by atoms with Crippen LogP contribution >= 0.6 is 23.1 Å². The van der Waals surface area contributed by atoms with Crippen molar-refractivity contribution >= 4 is 23.1 Å². The van der Waals surface area contributed by atoms with Crippen LogP contribution in [0.15, 0.2) is 6.20 Å². The Balaban J connectivity index is 2.51. The molecule has 0 amide bonds. The summed E-state index contributed by atoms with van der Waals surface area (Å²) in [6.07, 6.45) is 1.91. The van der Waals surface area contributed by atoms with E-state index < -0.39 is 0 Å². The molecule has 0 aliphatic carbocycles. The zero-order valence-electron chi connectivity index (χ0n) is 7.15. The molecule has 2 aromatic rings. The highest BCUT2D eigenvalue weighted by atomic mass is 35.5. The number of aryl methyl sites for hydroxylation is 2. The van der Waals surface area contributed by atoms with Gasteiger partial charge in [-0.2, -0.15) is 9.47 Å². The molecule has 0 N–H and O–H groups in total. The van der Waals surface area contributed by atoms with Gasteiger partial charge in [0.2, 0.25) is 5.28 Å². The van der Waals surface area contributed by atoms with E-state index in [2.05, 4.69) is 14.5 Å². The summed E-state index contributed by atoms with van der Waals surface area (Å²) in [6.45, 7) is 1.94. The van der Waals surface area contributed by atoms with Crippen molar-refractivity contribution in [2.75, 3.05) is 0 Å². The fourth-order valence-electron chi connectivity index (χ4n) is 1.12. The molecule has 0 radical (unpaired) electrons. The lowest BCUT2D eigenvalue weighted by Gasteiger charge is -1.87. The van der Waals surface area contributed by atoms with E-state index in [0.717, 1.165) is 16.3 Å². The van der Waals surface area contributed by atoms with Gasteiger partial charge in [-0.1, -0.05) is 0 Å². The van der Waals surface area contributed by atoms with Gasteiger partial charge >= 0.3 is 0 Å². The summed E-state index contributed by atoms with van der Waals surface area (Å²) in [4.78, 5) is 4.07. The Morgan fingerprint density at radius 3 is 2.77 bits per heavy atom. The summed E-state index contributed by atoms with van der Waals surface area (Å²) in [5.41, 5.74) is 1.93. The number of hydrogen-bond donors (Lipinski definition) is 0. The molecule has 0 fully saturated rings. The van der Waals surface area contributed by atoms with Crippen LogP contribution in [0.5, 0.6) is 0 Å². The molecule has 68 valence electrons. The fourth-order valence-corrected chi connectivity index (χ4v) is 1.99. The van der Waals surface area contributed by atoms with Gasteiger partial charge in [-0.05, 0) is 30.1 Å². The summed E-state index contributed by atoms with van der Waals surface area (Å²) in [5, 5.41) is 5.32. The van der Waals surface area contributed by atoms with Gasteiger partial charge in [0.15, 0.2) is 0 Å². The van der Waals surface area contributed by atoms with Gasteiger partial charge in [0.05, 0.1) is 11.3 Å². The summed E-state index contributed by atoms with van der Waals surface area (Å²) in [7, 11) is 1.87. The number of aromatic nitrogens is 4. The van der Waals surface area contributed by atoms with E-state index in [9.17, 15) is 0 Å². The molecular weight excluding hydrogens is 208 g/mol. The Labute approximate surface area is 84.3 Å². The van der Waals surface area contributed by atoms with Crippen LogP contribution in [0.25, 0.3) is 10.6 Å². The molecule has 0 spiro atoms. The number of rotatable bonds is 1. The number of hydrogen-bond acceptors (Lipinski definition) is 4. The highest BCUT2D eigenvalue weighted by Crippen LogP contribution is 2.24. The van der Waals surface area contributed by atoms with Crippen molar-refractivity contribution < 1.29 is 0 Å². The maximum atomic E-state index is 5.63. The van der Waals surface area contributed by atoms with Gasteiger partial charge in [-0.15, -0.1) is 0 Å². The Bertz CT molecular complexity index is 433. The molecule has 2 aromatic heterocycles. The molecule has 0 unspecified atom stereocenters. The Kier molecular flexibility index (Phi) is 2.05. The van der Waals surface area contributed by atoms with Crippen molar-refractivity contribution in [1.29, 1.82) is 0 Å². The van der Waals surface area contributed by atoms with Crippen LogP contribution in [0.4, 0.5) is 0 Å². The van der Waals surface area contributed by atoms with E-state index >= 15 is 0 Å². The van der Waals surface area contributed by atoms with Gasteiger partial charge in [-0.25, -0.2) is 4.98 Å². The van der Waals surface area contributed by atoms with E-state index in [1.54, 1.807) is 4.68 Å². The van der Waals surface area contributed by atoms with Crippen molar-refractivity contribution in [3.8, 4) is 10.6 Å². The van der Waals surface area contributed by atoms with Crippen LogP contribution in [0.3, 0.4) is 0 Å². The first-order valence-corrected chi connectivity index (χ1v) is 4.82. The zero-order chi connectivity index (χ0) is 9.42. The molecule has 2 heterocycles. The molecule has 0 bridgehead atoms. The summed E-state index contributed by atoms with van der Waals surface area (Å²) in [6, 6.07) is 0. The Morgan fingerprint density at radius 1 is 1.54 bits per heavy atom. The maximum Gasteiger partial charge on any atom is 0.234 e. The Hall–Kier alpha value is -0.940. The summed E-state index contributed by atoms with van der Waals surface area (Å²) < 4.78 is 5.65. The van der Waals surface area contributed by atoms with Crippen molar-refractivity contribution in [2.24, 2.45) is 7.05 Å². The smallest absolute Gasteiger partial charge is 0.234 e. The van der Waals surface area contributed by atoms with Gasteiger partial charge < -0.3 is 0 Å². The fraction of sp³-hybridized carbons (Fsp3) is 0.286. The first-order valence-electron chi connectivity index (χ1n) is 3.66. The van der Waals surface area contributed by atoms with Crippen LogP contribution in [0.1, 0.15) is 5.69 Å². The maximum absolute atomic E-state index is 5.63. The monoisotopic (exact) mass is 214 g/mol. The van der Waals surface area contributed by atoms with Crippen molar-refractivity contribution in [1.82, 2.24) is 19.1 Å². The van der Waals surface area contributed by atoms with Gasteiger partial charge in [0, 0.05) is 13.2 Å². The number of halogens is 1. The van der Waals surface area contributed by atoms with Crippen LogP contribution < -0.4 is 0 Å². The molecular formula is C7H7ClN4S. The third kappa shape index (κ3) is 1.57. The first kappa shape index (κ1) is 8.65. The van der Waals surface area contributed by atoms with E-state index in [-0.39, 0.29) is 0 Å². The van der Waals surface area contributed by atoms with E-state index in [0.29, 0.717) is 5.28 Å². The summed E-state index contributed by atoms with van der Waals surface area (Å²) in [5.74, 6) is 0. The quantitative estimate of drug-likeness (QED) is 0.728. The lowest BCUT2D eigenvalue weighted by molar-refractivity contribution is 0.756. The zero-order valence-corrected chi connectivity index (χ0v) is 8.72. The van der Waals surface area contributed by atoms with Gasteiger partial charge in [0.25, 0.3) is 0 Å². The predicted octanol–water partition coefficient (Wildman–Crippen LogP) is 1.90. The molecule has 6 heteroatoms. The van der Waals surface area contributed by atoms with Gasteiger partial charge in [0.1, 0.15) is 5.01 Å². The normalized spacial score (nSPS) is 10.7. The minimum absolute atomic E-state index is 0.295. The molecule has 0 aliphatic rings. The van der Waals surface area contributed by atoms with Crippen LogP contribution in [0.2, 0.25) is 5.28 Å². The molecule has 0 aromatic carbocycles. The second kappa shape index (κ2) is 3.08. The van der Waals surface area contributed by atoms with Crippen LogP contribution in [0, 0.1) is 6.92 Å². The molecule has 0 aliphatic heterocycles. The minimum Gasteiger partial charge on any atom is -0.275 e. The largest absolute Gasteiger partial charge is 0.275 e. The SMILES string of the molecule is Cc1nn(C)cc1-c1nc(Cl)ns1. The molecule has 2 rings (SSSR count). The third-order valence-corrected chi connectivity index (χ3v) is 2.66. The first-order chi connectivity index (χ1) is 6.16. The van der Waals surface area contributed by atoms with Crippen LogP contribution in [-0.2, 0) is 7.05 Å².